The molecule has 0 unspecified atom stereocenters. The molecule has 1 aromatic rings. The van der Waals surface area contributed by atoms with E-state index in [2.05, 4.69) is 36.8 Å². The number of aryl methyl sites for hydroxylation is 1. The van der Waals surface area contributed by atoms with Gasteiger partial charge in [-0.1, -0.05) is 31.7 Å². The molecule has 1 aliphatic rings. The van der Waals surface area contributed by atoms with E-state index in [0.717, 1.165) is 40.3 Å². The summed E-state index contributed by atoms with van der Waals surface area (Å²) in [7, 11) is 0. The van der Waals surface area contributed by atoms with Gasteiger partial charge in [-0.05, 0) is 76.2 Å². The molecule has 4 nitrogen and oxygen atoms in total. The Morgan fingerprint density at radius 2 is 2.07 bits per heavy atom. The van der Waals surface area contributed by atoms with Crippen molar-refractivity contribution < 1.29 is 9.53 Å². The Balaban J connectivity index is 2.14. The number of carbonyl (C=O) groups is 1. The Hall–Kier alpha value is -2.88. The van der Waals surface area contributed by atoms with Crippen LogP contribution in [0, 0.1) is 12.8 Å². The van der Waals surface area contributed by atoms with Crippen molar-refractivity contribution in [1.82, 2.24) is 0 Å². The Morgan fingerprint density at radius 3 is 2.70 bits per heavy atom. The summed E-state index contributed by atoms with van der Waals surface area (Å²) in [6.07, 6.45) is 10.6. The third-order valence-corrected chi connectivity index (χ3v) is 4.89. The van der Waals surface area contributed by atoms with Gasteiger partial charge >= 0.3 is 0 Å². The zero-order valence-corrected chi connectivity index (χ0v) is 18.9. The predicted molar refractivity (Wildman–Crippen MR) is 128 cm³/mol. The van der Waals surface area contributed by atoms with Crippen molar-refractivity contribution in [1.29, 1.82) is 0 Å². The Kier molecular flexibility index (Phi) is 8.85. The number of aliphatic imine (C=N–C) groups is 1. The smallest absolute Gasteiger partial charge is 0.252 e. The lowest BCUT2D eigenvalue weighted by atomic mass is 9.96. The molecule has 1 saturated carbocycles. The molecule has 0 bridgehead atoms. The minimum Gasteiger partial charge on any atom is -0.494 e. The molecule has 0 saturated heterocycles. The summed E-state index contributed by atoms with van der Waals surface area (Å²) in [4.78, 5) is 17.1. The lowest BCUT2D eigenvalue weighted by Crippen LogP contribution is -2.14. The number of carbonyl (C=O) groups excluding carboxylic acids is 1. The quantitative estimate of drug-likeness (QED) is 0.206. The summed E-state index contributed by atoms with van der Waals surface area (Å²) in [6, 6.07) is 5.96. The maximum Gasteiger partial charge on any atom is 0.252 e. The van der Waals surface area contributed by atoms with Crippen LogP contribution in [0.1, 0.15) is 58.1 Å². The van der Waals surface area contributed by atoms with Gasteiger partial charge in [0.25, 0.3) is 5.91 Å². The van der Waals surface area contributed by atoms with Gasteiger partial charge < -0.3 is 10.1 Å². The van der Waals surface area contributed by atoms with E-state index in [-0.39, 0.29) is 5.91 Å². The zero-order chi connectivity index (χ0) is 22.1. The summed E-state index contributed by atoms with van der Waals surface area (Å²) in [5, 5.41) is 3.04. The number of hydrogen-bond donors (Lipinski definition) is 1. The highest BCUT2D eigenvalue weighted by atomic mass is 16.5. The summed E-state index contributed by atoms with van der Waals surface area (Å²) in [6.45, 7) is 14.7. The summed E-state index contributed by atoms with van der Waals surface area (Å²) in [5.74, 6) is 1.14. The van der Waals surface area contributed by atoms with Gasteiger partial charge in [-0.3, -0.25) is 9.79 Å². The van der Waals surface area contributed by atoms with Gasteiger partial charge in [0, 0.05) is 34.8 Å². The van der Waals surface area contributed by atoms with E-state index in [1.165, 1.54) is 12.8 Å². The van der Waals surface area contributed by atoms with Gasteiger partial charge in [0.2, 0.25) is 0 Å². The van der Waals surface area contributed by atoms with Gasteiger partial charge in [0.15, 0.2) is 0 Å². The Bertz CT molecular complexity index is 900. The van der Waals surface area contributed by atoms with Crippen LogP contribution in [0.5, 0.6) is 0 Å². The molecule has 0 aliphatic heterocycles. The third-order valence-electron chi connectivity index (χ3n) is 4.89. The predicted octanol–water partition coefficient (Wildman–Crippen LogP) is 6.61. The number of ether oxygens (including phenoxy) is 1. The van der Waals surface area contributed by atoms with Crippen molar-refractivity contribution in [3.05, 3.63) is 71.7 Å². The number of amides is 1. The first-order chi connectivity index (χ1) is 14.4. The van der Waals surface area contributed by atoms with E-state index < -0.39 is 0 Å². The fourth-order valence-corrected chi connectivity index (χ4v) is 3.08. The van der Waals surface area contributed by atoms with E-state index in [1.54, 1.807) is 13.1 Å². The SMILES string of the molecule is C=C(c1c(C)cccc1NC(=O)C(C)=CN=C(C)C=C(C=CC)OCCC)C1CC1. The molecule has 1 aromatic carbocycles. The average molecular weight is 407 g/mol. The van der Waals surface area contributed by atoms with Gasteiger partial charge in [-0.2, -0.15) is 0 Å². The molecule has 4 heteroatoms. The Morgan fingerprint density at radius 1 is 1.33 bits per heavy atom. The van der Waals surface area contributed by atoms with E-state index in [9.17, 15) is 4.79 Å². The molecular formula is C26H34N2O2. The van der Waals surface area contributed by atoms with E-state index in [4.69, 9.17) is 4.74 Å². The molecule has 30 heavy (non-hydrogen) atoms. The second-order valence-corrected chi connectivity index (χ2v) is 7.73. The minimum absolute atomic E-state index is 0.165. The monoisotopic (exact) mass is 406 g/mol. The number of rotatable bonds is 10. The second kappa shape index (κ2) is 11.3. The van der Waals surface area contributed by atoms with Crippen molar-refractivity contribution in [2.45, 2.75) is 53.9 Å². The maximum atomic E-state index is 12.7. The maximum absolute atomic E-state index is 12.7. The molecule has 1 N–H and O–H groups in total. The minimum atomic E-state index is -0.165. The van der Waals surface area contributed by atoms with Crippen molar-refractivity contribution in [2.24, 2.45) is 10.9 Å². The van der Waals surface area contributed by atoms with Crippen molar-refractivity contribution in [2.75, 3.05) is 11.9 Å². The van der Waals surface area contributed by atoms with Crippen LogP contribution in [0.3, 0.4) is 0 Å². The Labute approximate surface area is 181 Å². The van der Waals surface area contributed by atoms with Crippen LogP contribution < -0.4 is 5.32 Å². The molecule has 0 spiro atoms. The average Bonchev–Trinajstić information content (AvgIpc) is 3.55. The van der Waals surface area contributed by atoms with E-state index in [1.807, 2.05) is 44.2 Å². The van der Waals surface area contributed by atoms with Gasteiger partial charge in [0.1, 0.15) is 5.76 Å². The largest absolute Gasteiger partial charge is 0.494 e. The highest BCUT2D eigenvalue weighted by molar-refractivity contribution is 6.05. The molecule has 1 aliphatic carbocycles. The van der Waals surface area contributed by atoms with E-state index >= 15 is 0 Å². The van der Waals surface area contributed by atoms with Gasteiger partial charge in [-0.15, -0.1) is 0 Å². The number of allylic oxidation sites excluding steroid dienone is 4. The van der Waals surface area contributed by atoms with Crippen molar-refractivity contribution in [3.63, 3.8) is 0 Å². The number of benzene rings is 1. The summed E-state index contributed by atoms with van der Waals surface area (Å²) >= 11 is 0. The third kappa shape index (κ3) is 6.87. The van der Waals surface area contributed by atoms with Gasteiger partial charge in [-0.25, -0.2) is 0 Å². The molecule has 0 heterocycles. The second-order valence-electron chi connectivity index (χ2n) is 7.73. The molecule has 160 valence electrons. The zero-order valence-electron chi connectivity index (χ0n) is 18.9. The number of hydrogen-bond acceptors (Lipinski definition) is 3. The molecule has 1 fully saturated rings. The van der Waals surface area contributed by atoms with E-state index in [0.29, 0.717) is 18.1 Å². The van der Waals surface area contributed by atoms with Crippen LogP contribution in [0.15, 0.2) is 65.5 Å². The first-order valence-corrected chi connectivity index (χ1v) is 10.7. The first kappa shape index (κ1) is 23.4. The highest BCUT2D eigenvalue weighted by Gasteiger charge is 2.27. The highest BCUT2D eigenvalue weighted by Crippen LogP contribution is 2.43. The van der Waals surface area contributed by atoms with Crippen LogP contribution in [0.25, 0.3) is 5.57 Å². The van der Waals surface area contributed by atoms with Crippen molar-refractivity contribution in [3.8, 4) is 0 Å². The fraction of sp³-hybridized carbons (Fsp3) is 0.385. The number of anilines is 1. The summed E-state index contributed by atoms with van der Waals surface area (Å²) < 4.78 is 5.69. The molecule has 0 radical (unpaired) electrons. The normalized spacial score (nSPS) is 15.4. The number of nitrogens with one attached hydrogen (secondary N) is 1. The molecular weight excluding hydrogens is 372 g/mol. The molecule has 2 rings (SSSR count). The first-order valence-electron chi connectivity index (χ1n) is 10.7. The lowest BCUT2D eigenvalue weighted by molar-refractivity contribution is -0.112. The summed E-state index contributed by atoms with van der Waals surface area (Å²) in [5.41, 5.74) is 5.43. The van der Waals surface area contributed by atoms with Crippen LogP contribution >= 0.6 is 0 Å². The topological polar surface area (TPSA) is 50.7 Å². The number of nitrogens with zero attached hydrogens (tertiary/aromatic N) is 1. The van der Waals surface area contributed by atoms with Crippen LogP contribution in [-0.4, -0.2) is 18.2 Å². The molecule has 0 aromatic heterocycles. The van der Waals surface area contributed by atoms with Crippen LogP contribution in [-0.2, 0) is 9.53 Å². The fourth-order valence-electron chi connectivity index (χ4n) is 3.08. The molecule has 0 atom stereocenters. The standard InChI is InChI=1S/C26H34N2O2/c1-7-10-23(30-15-8-2)16-20(5)27-17-19(4)26(29)28-24-12-9-11-18(3)25(24)21(6)22-13-14-22/h7,9-12,16-17,22H,6,8,13-15H2,1-5H3,(H,28,29). The lowest BCUT2D eigenvalue weighted by Gasteiger charge is -2.15. The van der Waals surface area contributed by atoms with Crippen LogP contribution in [0.4, 0.5) is 5.69 Å². The van der Waals surface area contributed by atoms with Crippen molar-refractivity contribution >= 4 is 22.9 Å². The van der Waals surface area contributed by atoms with Crippen LogP contribution in [0.2, 0.25) is 0 Å². The molecule has 1 amide bonds. The van der Waals surface area contributed by atoms with Gasteiger partial charge in [0.05, 0.1) is 6.61 Å².